The summed E-state index contributed by atoms with van der Waals surface area (Å²) in [6, 6.07) is 19.5. The first-order chi connectivity index (χ1) is 14.7. The van der Waals surface area contributed by atoms with Crippen LogP contribution >= 0.6 is 0 Å². The number of hydrogen-bond donors (Lipinski definition) is 0. The minimum Gasteiger partial charge on any atom is -0.457 e. The van der Waals surface area contributed by atoms with E-state index in [1.54, 1.807) is 48.9 Å². The molecule has 0 aliphatic heterocycles. The Balaban J connectivity index is 1.32. The van der Waals surface area contributed by atoms with Gasteiger partial charge in [0.05, 0.1) is 17.5 Å². The minimum atomic E-state index is -0.420. The highest BCUT2D eigenvalue weighted by molar-refractivity contribution is 5.89. The molecule has 0 atom stereocenters. The standard InChI is InChI=1S/C23H16N4O3/c24-13-18-3-10-22(26-14-18)30-21-8-4-19(5-9-21)23(28)29-15-17-1-6-20(7-2-17)27-12-11-25-16-27/h1-12,14,16H,15H2. The fourth-order valence-corrected chi connectivity index (χ4v) is 2.69. The molecule has 7 nitrogen and oxygen atoms in total. The third-order valence-corrected chi connectivity index (χ3v) is 4.29. The zero-order chi connectivity index (χ0) is 20.8. The summed E-state index contributed by atoms with van der Waals surface area (Å²) < 4.78 is 12.9. The SMILES string of the molecule is N#Cc1ccc(Oc2ccc(C(=O)OCc3ccc(-n4ccnc4)cc3)cc2)nc1. The number of nitrogens with zero attached hydrogens (tertiary/aromatic N) is 4. The number of nitriles is 1. The molecule has 2 aromatic carbocycles. The molecule has 4 aromatic rings. The molecular weight excluding hydrogens is 380 g/mol. The van der Waals surface area contributed by atoms with Crippen molar-refractivity contribution in [1.29, 1.82) is 5.26 Å². The molecule has 4 rings (SSSR count). The molecule has 2 aromatic heterocycles. The predicted octanol–water partition coefficient (Wildman–Crippen LogP) is 4.29. The molecule has 0 amide bonds. The predicted molar refractivity (Wildman–Crippen MR) is 108 cm³/mol. The topological polar surface area (TPSA) is 90.0 Å². The molecule has 7 heteroatoms. The number of benzene rings is 2. The van der Waals surface area contributed by atoms with E-state index >= 15 is 0 Å². The van der Waals surface area contributed by atoms with Crippen molar-refractivity contribution >= 4 is 5.97 Å². The van der Waals surface area contributed by atoms with Gasteiger partial charge in [-0.3, -0.25) is 0 Å². The Kier molecular flexibility index (Phi) is 5.49. The largest absolute Gasteiger partial charge is 0.457 e. The Morgan fingerprint density at radius 3 is 2.47 bits per heavy atom. The number of aromatic nitrogens is 3. The maximum absolute atomic E-state index is 12.3. The normalized spacial score (nSPS) is 10.2. The van der Waals surface area contributed by atoms with Crippen LogP contribution in [-0.4, -0.2) is 20.5 Å². The van der Waals surface area contributed by atoms with Gasteiger partial charge in [-0.15, -0.1) is 0 Å². The van der Waals surface area contributed by atoms with Crippen LogP contribution in [0.4, 0.5) is 0 Å². The van der Waals surface area contributed by atoms with Crippen LogP contribution in [0.25, 0.3) is 5.69 Å². The molecule has 30 heavy (non-hydrogen) atoms. The number of esters is 1. The van der Waals surface area contributed by atoms with E-state index in [4.69, 9.17) is 14.7 Å². The van der Waals surface area contributed by atoms with Crippen LogP contribution in [0, 0.1) is 11.3 Å². The number of ether oxygens (including phenoxy) is 2. The van der Waals surface area contributed by atoms with Gasteiger partial charge in [0.25, 0.3) is 0 Å². The number of hydrogen-bond acceptors (Lipinski definition) is 6. The molecule has 0 saturated carbocycles. The van der Waals surface area contributed by atoms with Crippen LogP contribution in [-0.2, 0) is 11.3 Å². The summed E-state index contributed by atoms with van der Waals surface area (Å²) in [6.07, 6.45) is 6.73. The molecule has 0 aliphatic carbocycles. The smallest absolute Gasteiger partial charge is 0.338 e. The second-order valence-corrected chi connectivity index (χ2v) is 6.34. The van der Waals surface area contributed by atoms with E-state index in [0.717, 1.165) is 11.3 Å². The molecular formula is C23H16N4O3. The van der Waals surface area contributed by atoms with E-state index < -0.39 is 5.97 Å². The lowest BCUT2D eigenvalue weighted by Gasteiger charge is -2.08. The molecule has 0 radical (unpaired) electrons. The van der Waals surface area contributed by atoms with Gasteiger partial charge in [0.15, 0.2) is 0 Å². The van der Waals surface area contributed by atoms with E-state index in [-0.39, 0.29) is 6.61 Å². The summed E-state index contributed by atoms with van der Waals surface area (Å²) in [7, 11) is 0. The fraction of sp³-hybridized carbons (Fsp3) is 0.0435. The number of carbonyl (C=O) groups is 1. The minimum absolute atomic E-state index is 0.177. The van der Waals surface area contributed by atoms with Crippen LogP contribution in [0.3, 0.4) is 0 Å². The van der Waals surface area contributed by atoms with Crippen LogP contribution in [0.1, 0.15) is 21.5 Å². The Morgan fingerprint density at radius 2 is 1.83 bits per heavy atom. The average Bonchev–Trinajstić information content (AvgIpc) is 3.34. The van der Waals surface area contributed by atoms with Crippen molar-refractivity contribution in [2.75, 3.05) is 0 Å². The number of pyridine rings is 1. The Bertz CT molecular complexity index is 1160. The van der Waals surface area contributed by atoms with Gasteiger partial charge in [-0.1, -0.05) is 12.1 Å². The molecule has 0 bridgehead atoms. The van der Waals surface area contributed by atoms with Crippen molar-refractivity contribution < 1.29 is 14.3 Å². The zero-order valence-electron chi connectivity index (χ0n) is 15.8. The quantitative estimate of drug-likeness (QED) is 0.452. The lowest BCUT2D eigenvalue weighted by atomic mass is 10.2. The maximum atomic E-state index is 12.3. The van der Waals surface area contributed by atoms with Crippen LogP contribution in [0.5, 0.6) is 11.6 Å². The van der Waals surface area contributed by atoms with Crippen molar-refractivity contribution in [3.63, 3.8) is 0 Å². The van der Waals surface area contributed by atoms with Gasteiger partial charge in [-0.25, -0.2) is 14.8 Å². The molecule has 0 fully saturated rings. The number of imidazole rings is 1. The van der Waals surface area contributed by atoms with Crippen LogP contribution in [0.2, 0.25) is 0 Å². The van der Waals surface area contributed by atoms with Gasteiger partial charge >= 0.3 is 5.97 Å². The van der Waals surface area contributed by atoms with Gasteiger partial charge < -0.3 is 14.0 Å². The van der Waals surface area contributed by atoms with E-state index in [9.17, 15) is 4.79 Å². The highest BCUT2D eigenvalue weighted by atomic mass is 16.5. The summed E-state index contributed by atoms with van der Waals surface area (Å²) in [4.78, 5) is 20.4. The summed E-state index contributed by atoms with van der Waals surface area (Å²) in [5, 5.41) is 8.79. The van der Waals surface area contributed by atoms with E-state index in [0.29, 0.717) is 22.8 Å². The summed E-state index contributed by atoms with van der Waals surface area (Å²) in [5.41, 5.74) is 2.75. The van der Waals surface area contributed by atoms with Crippen molar-refractivity contribution in [2.24, 2.45) is 0 Å². The maximum Gasteiger partial charge on any atom is 0.338 e. The second-order valence-electron chi connectivity index (χ2n) is 6.34. The average molecular weight is 396 g/mol. The van der Waals surface area contributed by atoms with Gasteiger partial charge in [-0.05, 0) is 48.0 Å². The third kappa shape index (κ3) is 4.51. The fourth-order valence-electron chi connectivity index (χ4n) is 2.69. The van der Waals surface area contributed by atoms with Gasteiger partial charge in [0.1, 0.15) is 18.4 Å². The van der Waals surface area contributed by atoms with E-state index in [1.807, 2.05) is 41.1 Å². The monoisotopic (exact) mass is 396 g/mol. The van der Waals surface area contributed by atoms with Crippen LogP contribution in [0.15, 0.2) is 85.6 Å². The van der Waals surface area contributed by atoms with Gasteiger partial charge in [0, 0.05) is 30.3 Å². The van der Waals surface area contributed by atoms with Gasteiger partial charge in [0.2, 0.25) is 5.88 Å². The molecule has 146 valence electrons. The van der Waals surface area contributed by atoms with Crippen molar-refractivity contribution in [3.8, 4) is 23.4 Å². The molecule has 2 heterocycles. The van der Waals surface area contributed by atoms with Gasteiger partial charge in [-0.2, -0.15) is 5.26 Å². The first-order valence-corrected chi connectivity index (χ1v) is 9.10. The molecule has 0 aliphatic rings. The molecule has 0 unspecified atom stereocenters. The summed E-state index contributed by atoms with van der Waals surface area (Å²) in [6.45, 7) is 0.177. The molecule has 0 spiro atoms. The summed E-state index contributed by atoms with van der Waals surface area (Å²) >= 11 is 0. The zero-order valence-corrected chi connectivity index (χ0v) is 15.8. The Hall–Kier alpha value is -4.44. The first-order valence-electron chi connectivity index (χ1n) is 9.10. The molecule has 0 saturated heterocycles. The van der Waals surface area contributed by atoms with E-state index in [2.05, 4.69) is 9.97 Å². The number of carbonyl (C=O) groups excluding carboxylic acids is 1. The lowest BCUT2D eigenvalue weighted by Crippen LogP contribution is -2.05. The highest BCUT2D eigenvalue weighted by Gasteiger charge is 2.08. The highest BCUT2D eigenvalue weighted by Crippen LogP contribution is 2.20. The van der Waals surface area contributed by atoms with Crippen molar-refractivity contribution in [3.05, 3.63) is 102 Å². The second kappa shape index (κ2) is 8.71. The van der Waals surface area contributed by atoms with E-state index in [1.165, 1.54) is 6.20 Å². The Morgan fingerprint density at radius 1 is 1.03 bits per heavy atom. The number of rotatable bonds is 6. The van der Waals surface area contributed by atoms with Crippen molar-refractivity contribution in [2.45, 2.75) is 6.61 Å². The lowest BCUT2D eigenvalue weighted by molar-refractivity contribution is 0.0472. The summed E-state index contributed by atoms with van der Waals surface area (Å²) in [5.74, 6) is 0.471. The van der Waals surface area contributed by atoms with Crippen LogP contribution < -0.4 is 4.74 Å². The third-order valence-electron chi connectivity index (χ3n) is 4.29. The Labute approximate surface area is 172 Å². The first kappa shape index (κ1) is 18.9. The molecule has 0 N–H and O–H groups in total. The van der Waals surface area contributed by atoms with Crippen molar-refractivity contribution in [1.82, 2.24) is 14.5 Å².